The minimum atomic E-state index is 0.889. The minimum Gasteiger partial charge on any atom is -0.454 e. The van der Waals surface area contributed by atoms with Crippen molar-refractivity contribution in [2.75, 3.05) is 0 Å². The van der Waals surface area contributed by atoms with Gasteiger partial charge >= 0.3 is 0 Å². The van der Waals surface area contributed by atoms with Gasteiger partial charge in [-0.25, -0.2) is 4.98 Å². The maximum atomic E-state index is 6.06. The van der Waals surface area contributed by atoms with Crippen molar-refractivity contribution in [1.29, 1.82) is 0 Å². The van der Waals surface area contributed by atoms with Crippen LogP contribution in [0.15, 0.2) is 53.2 Å². The summed E-state index contributed by atoms with van der Waals surface area (Å²) in [5.41, 5.74) is 5.21. The van der Waals surface area contributed by atoms with Crippen molar-refractivity contribution in [2.24, 2.45) is 0 Å². The highest BCUT2D eigenvalue weighted by molar-refractivity contribution is 5.87. The zero-order chi connectivity index (χ0) is 14.4. The molecule has 0 unspecified atom stereocenters. The standard InChI is InChI=1S/C18H16N2O/c1-3-13-14-6-4-5-7-16(14)21-18(13)15-11-20-9-8-12(2)10-17(20)19-15/h4-11H,3H2,1-2H3. The number of hydrogen-bond donors (Lipinski definition) is 0. The molecule has 0 atom stereocenters. The van der Waals surface area contributed by atoms with E-state index in [1.807, 2.05) is 35.0 Å². The first-order valence-electron chi connectivity index (χ1n) is 7.22. The van der Waals surface area contributed by atoms with E-state index in [9.17, 15) is 0 Å². The maximum Gasteiger partial charge on any atom is 0.158 e. The first-order chi connectivity index (χ1) is 10.3. The van der Waals surface area contributed by atoms with Crippen LogP contribution in [-0.4, -0.2) is 9.38 Å². The Hall–Kier alpha value is -2.55. The van der Waals surface area contributed by atoms with Gasteiger partial charge in [0.2, 0.25) is 0 Å². The molecule has 0 amide bonds. The SMILES string of the molecule is CCc1c(-c2cn3ccc(C)cc3n2)oc2ccccc12. The molecule has 4 rings (SSSR count). The Morgan fingerprint density at radius 2 is 2.05 bits per heavy atom. The summed E-state index contributed by atoms with van der Waals surface area (Å²) < 4.78 is 8.10. The molecule has 0 aliphatic rings. The lowest BCUT2D eigenvalue weighted by atomic mass is 10.1. The summed E-state index contributed by atoms with van der Waals surface area (Å²) in [6.45, 7) is 4.23. The second-order valence-corrected chi connectivity index (χ2v) is 5.36. The van der Waals surface area contributed by atoms with Crippen LogP contribution in [0.25, 0.3) is 28.1 Å². The summed E-state index contributed by atoms with van der Waals surface area (Å²) in [7, 11) is 0. The summed E-state index contributed by atoms with van der Waals surface area (Å²) in [6.07, 6.45) is 5.00. The number of furan rings is 1. The van der Waals surface area contributed by atoms with Gasteiger partial charge in [0.1, 0.15) is 16.9 Å². The number of pyridine rings is 1. The van der Waals surface area contributed by atoms with Gasteiger partial charge in [0, 0.05) is 23.3 Å². The number of benzene rings is 1. The predicted molar refractivity (Wildman–Crippen MR) is 84.5 cm³/mol. The van der Waals surface area contributed by atoms with Gasteiger partial charge in [-0.3, -0.25) is 0 Å². The van der Waals surface area contributed by atoms with Crippen molar-refractivity contribution in [1.82, 2.24) is 9.38 Å². The third-order valence-electron chi connectivity index (χ3n) is 3.90. The van der Waals surface area contributed by atoms with Gasteiger partial charge in [0.25, 0.3) is 0 Å². The first-order valence-corrected chi connectivity index (χ1v) is 7.22. The minimum absolute atomic E-state index is 0.889. The third kappa shape index (κ3) is 1.85. The number of fused-ring (bicyclic) bond motifs is 2. The zero-order valence-electron chi connectivity index (χ0n) is 12.1. The van der Waals surface area contributed by atoms with Crippen molar-refractivity contribution in [3.05, 3.63) is 59.9 Å². The van der Waals surface area contributed by atoms with Crippen LogP contribution in [0, 0.1) is 6.92 Å². The lowest BCUT2D eigenvalue weighted by Gasteiger charge is -1.95. The van der Waals surface area contributed by atoms with Gasteiger partial charge in [0.15, 0.2) is 5.76 Å². The van der Waals surface area contributed by atoms with E-state index in [4.69, 9.17) is 9.40 Å². The Bertz CT molecular complexity index is 946. The highest BCUT2D eigenvalue weighted by atomic mass is 16.3. The fraction of sp³-hybridized carbons (Fsp3) is 0.167. The Labute approximate surface area is 122 Å². The number of aromatic nitrogens is 2. The Morgan fingerprint density at radius 3 is 2.90 bits per heavy atom. The van der Waals surface area contributed by atoms with Gasteiger partial charge in [-0.05, 0) is 37.1 Å². The van der Waals surface area contributed by atoms with Gasteiger partial charge in [-0.2, -0.15) is 0 Å². The number of aryl methyl sites for hydroxylation is 2. The fourth-order valence-corrected chi connectivity index (χ4v) is 2.85. The molecule has 3 nitrogen and oxygen atoms in total. The summed E-state index contributed by atoms with van der Waals surface area (Å²) in [5, 5.41) is 1.18. The summed E-state index contributed by atoms with van der Waals surface area (Å²) in [6, 6.07) is 12.3. The van der Waals surface area contributed by atoms with E-state index < -0.39 is 0 Å². The van der Waals surface area contributed by atoms with Crippen LogP contribution in [0.1, 0.15) is 18.1 Å². The van der Waals surface area contributed by atoms with E-state index in [1.54, 1.807) is 0 Å². The Morgan fingerprint density at radius 1 is 1.19 bits per heavy atom. The van der Waals surface area contributed by atoms with Gasteiger partial charge in [-0.15, -0.1) is 0 Å². The van der Waals surface area contributed by atoms with Gasteiger partial charge < -0.3 is 8.82 Å². The molecule has 4 aromatic rings. The zero-order valence-corrected chi connectivity index (χ0v) is 12.1. The van der Waals surface area contributed by atoms with Crippen LogP contribution in [-0.2, 0) is 6.42 Å². The van der Waals surface area contributed by atoms with Crippen molar-refractivity contribution >= 4 is 16.6 Å². The van der Waals surface area contributed by atoms with E-state index >= 15 is 0 Å². The number of rotatable bonds is 2. The monoisotopic (exact) mass is 276 g/mol. The van der Waals surface area contributed by atoms with Crippen LogP contribution in [0.5, 0.6) is 0 Å². The largest absolute Gasteiger partial charge is 0.454 e. The molecule has 0 radical (unpaired) electrons. The molecule has 1 aromatic carbocycles. The van der Waals surface area contributed by atoms with E-state index in [-0.39, 0.29) is 0 Å². The van der Waals surface area contributed by atoms with Crippen LogP contribution in [0.2, 0.25) is 0 Å². The van der Waals surface area contributed by atoms with Gasteiger partial charge in [0.05, 0.1) is 0 Å². The number of imidazole rings is 1. The average Bonchev–Trinajstić information content (AvgIpc) is 3.06. The van der Waals surface area contributed by atoms with Crippen molar-refractivity contribution in [3.63, 3.8) is 0 Å². The molecular formula is C18H16N2O. The molecule has 0 bridgehead atoms. The molecule has 0 N–H and O–H groups in total. The highest BCUT2D eigenvalue weighted by Gasteiger charge is 2.16. The van der Waals surface area contributed by atoms with E-state index in [2.05, 4.69) is 32.0 Å². The topological polar surface area (TPSA) is 30.4 Å². The first kappa shape index (κ1) is 12.2. The second-order valence-electron chi connectivity index (χ2n) is 5.36. The van der Waals surface area contributed by atoms with E-state index in [0.29, 0.717) is 0 Å². The summed E-state index contributed by atoms with van der Waals surface area (Å²) >= 11 is 0. The molecule has 0 saturated heterocycles. The fourth-order valence-electron chi connectivity index (χ4n) is 2.85. The van der Waals surface area contributed by atoms with Crippen LogP contribution in [0.3, 0.4) is 0 Å². The van der Waals surface area contributed by atoms with Gasteiger partial charge in [-0.1, -0.05) is 25.1 Å². The molecule has 3 heterocycles. The lowest BCUT2D eigenvalue weighted by molar-refractivity contribution is 0.625. The molecule has 104 valence electrons. The van der Waals surface area contributed by atoms with Crippen LogP contribution < -0.4 is 0 Å². The lowest BCUT2D eigenvalue weighted by Crippen LogP contribution is -1.82. The molecule has 0 aliphatic carbocycles. The normalized spacial score (nSPS) is 11.5. The number of hydrogen-bond acceptors (Lipinski definition) is 2. The van der Waals surface area contributed by atoms with Crippen LogP contribution in [0.4, 0.5) is 0 Å². The maximum absolute atomic E-state index is 6.06. The highest BCUT2D eigenvalue weighted by Crippen LogP contribution is 2.33. The molecule has 0 aliphatic heterocycles. The molecule has 0 fully saturated rings. The third-order valence-corrected chi connectivity index (χ3v) is 3.90. The molecule has 0 saturated carbocycles. The number of para-hydroxylation sites is 1. The van der Waals surface area contributed by atoms with Crippen molar-refractivity contribution in [3.8, 4) is 11.5 Å². The quantitative estimate of drug-likeness (QED) is 0.535. The smallest absolute Gasteiger partial charge is 0.158 e. The number of nitrogens with zero attached hydrogens (tertiary/aromatic N) is 2. The summed E-state index contributed by atoms with van der Waals surface area (Å²) in [5.74, 6) is 0.889. The second kappa shape index (κ2) is 4.48. The molecule has 3 aromatic heterocycles. The van der Waals surface area contributed by atoms with E-state index in [1.165, 1.54) is 16.5 Å². The molecule has 21 heavy (non-hydrogen) atoms. The van der Waals surface area contributed by atoms with Crippen molar-refractivity contribution < 1.29 is 4.42 Å². The predicted octanol–water partition coefficient (Wildman–Crippen LogP) is 4.62. The van der Waals surface area contributed by atoms with Crippen LogP contribution >= 0.6 is 0 Å². The molecule has 0 spiro atoms. The average molecular weight is 276 g/mol. The van der Waals surface area contributed by atoms with Crippen molar-refractivity contribution in [2.45, 2.75) is 20.3 Å². The summed E-state index contributed by atoms with van der Waals surface area (Å²) in [4.78, 5) is 4.72. The molecular weight excluding hydrogens is 260 g/mol. The Kier molecular flexibility index (Phi) is 2.61. The van der Waals surface area contributed by atoms with E-state index in [0.717, 1.165) is 29.1 Å². The Balaban J connectivity index is 1.99. The molecule has 3 heteroatoms.